The summed E-state index contributed by atoms with van der Waals surface area (Å²) in [5, 5.41) is 20.7. The molecule has 12 heteroatoms. The second-order valence-corrected chi connectivity index (χ2v) is 8.64. The van der Waals surface area contributed by atoms with E-state index in [-0.39, 0.29) is 5.69 Å². The Labute approximate surface area is 188 Å². The van der Waals surface area contributed by atoms with Crippen LogP contribution in [0.5, 0.6) is 0 Å². The second-order valence-electron chi connectivity index (χ2n) is 7.69. The van der Waals surface area contributed by atoms with Crippen molar-refractivity contribution in [3.05, 3.63) is 41.5 Å². The summed E-state index contributed by atoms with van der Waals surface area (Å²) in [7, 11) is 0. The predicted octanol–water partition coefficient (Wildman–Crippen LogP) is 3.96. The molecule has 0 N–H and O–H groups in total. The summed E-state index contributed by atoms with van der Waals surface area (Å²) >= 11 is 1.28. The van der Waals surface area contributed by atoms with Gasteiger partial charge in [0.2, 0.25) is 0 Å². The first-order chi connectivity index (χ1) is 15.5. The number of hydrogen-bond acceptors (Lipinski definition) is 7. The number of alkyl halides is 3. The van der Waals surface area contributed by atoms with Crippen molar-refractivity contribution < 1.29 is 13.2 Å². The highest BCUT2D eigenvalue weighted by molar-refractivity contribution is 7.98. The van der Waals surface area contributed by atoms with Gasteiger partial charge in [-0.3, -0.25) is 9.47 Å². The minimum Gasteiger partial charge on any atom is -0.296 e. The molecule has 0 bridgehead atoms. The number of rotatable bonds is 8. The molecule has 1 aliphatic rings. The van der Waals surface area contributed by atoms with Crippen molar-refractivity contribution in [3.63, 3.8) is 0 Å². The smallest absolute Gasteiger partial charge is 0.296 e. The first-order valence-corrected chi connectivity index (χ1v) is 11.7. The maximum Gasteiger partial charge on any atom is 0.418 e. The van der Waals surface area contributed by atoms with Gasteiger partial charge in [-0.05, 0) is 54.9 Å². The zero-order valence-corrected chi connectivity index (χ0v) is 18.6. The molecular weight excluding hydrogens is 441 g/mol. The summed E-state index contributed by atoms with van der Waals surface area (Å²) in [6.45, 7) is 4.96. The molecular formula is C20H25F3N8S. The minimum atomic E-state index is -4.49. The maximum atomic E-state index is 13.8. The Bertz CT molecular complexity index is 1030. The average Bonchev–Trinajstić information content (AvgIpc) is 3.39. The van der Waals surface area contributed by atoms with Gasteiger partial charge in [-0.1, -0.05) is 37.2 Å². The van der Waals surface area contributed by atoms with Crippen LogP contribution in [0.4, 0.5) is 13.2 Å². The number of aromatic nitrogens is 7. The van der Waals surface area contributed by atoms with Gasteiger partial charge in [0.05, 0.1) is 23.5 Å². The van der Waals surface area contributed by atoms with Gasteiger partial charge in [0.25, 0.3) is 0 Å². The topological polar surface area (TPSA) is 77.5 Å². The molecule has 0 atom stereocenters. The molecule has 2 aromatic heterocycles. The largest absolute Gasteiger partial charge is 0.418 e. The second kappa shape index (κ2) is 9.99. The minimum absolute atomic E-state index is 0.0349. The fraction of sp³-hybridized carbons (Fsp3) is 0.550. The lowest BCUT2D eigenvalue weighted by Crippen LogP contribution is -2.30. The fourth-order valence-electron chi connectivity index (χ4n) is 3.81. The lowest BCUT2D eigenvalue weighted by molar-refractivity contribution is -0.137. The van der Waals surface area contributed by atoms with Crippen LogP contribution >= 0.6 is 11.8 Å². The van der Waals surface area contributed by atoms with Gasteiger partial charge < -0.3 is 0 Å². The number of thioether (sulfide) groups is 1. The Hall–Kier alpha value is -2.47. The van der Waals surface area contributed by atoms with E-state index in [1.165, 1.54) is 34.9 Å². The van der Waals surface area contributed by atoms with E-state index >= 15 is 0 Å². The molecule has 1 fully saturated rings. The number of likely N-dealkylation sites (tertiary alicyclic amines) is 1. The van der Waals surface area contributed by atoms with Crippen LogP contribution in [0.2, 0.25) is 0 Å². The van der Waals surface area contributed by atoms with Crippen molar-refractivity contribution >= 4 is 11.8 Å². The molecule has 1 saturated heterocycles. The highest BCUT2D eigenvalue weighted by atomic mass is 32.2. The number of tetrazole rings is 1. The van der Waals surface area contributed by atoms with Crippen LogP contribution in [-0.2, 0) is 25.0 Å². The summed E-state index contributed by atoms with van der Waals surface area (Å²) in [5.41, 5.74) is -0.676. The first kappa shape index (κ1) is 22.7. The van der Waals surface area contributed by atoms with Gasteiger partial charge in [0.1, 0.15) is 0 Å². The molecule has 3 heterocycles. The normalized spacial score (nSPS) is 15.4. The third kappa shape index (κ3) is 5.12. The first-order valence-electron chi connectivity index (χ1n) is 10.7. The number of aryl methyl sites for hydroxylation is 1. The number of benzene rings is 1. The van der Waals surface area contributed by atoms with Crippen molar-refractivity contribution in [3.8, 4) is 5.69 Å². The van der Waals surface area contributed by atoms with E-state index in [1.807, 2.05) is 6.92 Å². The fourth-order valence-corrected chi connectivity index (χ4v) is 4.70. The Morgan fingerprint density at radius 3 is 2.53 bits per heavy atom. The van der Waals surface area contributed by atoms with E-state index in [2.05, 4.69) is 30.6 Å². The van der Waals surface area contributed by atoms with E-state index < -0.39 is 11.7 Å². The maximum absolute atomic E-state index is 13.8. The molecule has 8 nitrogen and oxygen atoms in total. The quantitative estimate of drug-likeness (QED) is 0.465. The monoisotopic (exact) mass is 466 g/mol. The third-order valence-electron chi connectivity index (χ3n) is 5.34. The van der Waals surface area contributed by atoms with E-state index in [1.54, 1.807) is 10.7 Å². The molecule has 172 valence electrons. The Kier molecular flexibility index (Phi) is 7.09. The summed E-state index contributed by atoms with van der Waals surface area (Å²) in [5.74, 6) is 1.52. The molecule has 0 amide bonds. The van der Waals surface area contributed by atoms with Crippen LogP contribution < -0.4 is 0 Å². The number of para-hydroxylation sites is 1. The predicted molar refractivity (Wildman–Crippen MR) is 113 cm³/mol. The molecule has 0 radical (unpaired) electrons. The molecule has 0 spiro atoms. The lowest BCUT2D eigenvalue weighted by atomic mass is 10.1. The van der Waals surface area contributed by atoms with Crippen LogP contribution in [0.15, 0.2) is 29.4 Å². The van der Waals surface area contributed by atoms with Crippen molar-refractivity contribution in [1.29, 1.82) is 0 Å². The van der Waals surface area contributed by atoms with Gasteiger partial charge in [-0.15, -0.1) is 15.3 Å². The van der Waals surface area contributed by atoms with Crippen LogP contribution in [0.3, 0.4) is 0 Å². The summed E-state index contributed by atoms with van der Waals surface area (Å²) in [4.78, 5) is 2.22. The van der Waals surface area contributed by atoms with Crippen LogP contribution in [-0.4, -0.2) is 53.0 Å². The van der Waals surface area contributed by atoms with Gasteiger partial charge in [-0.2, -0.15) is 13.2 Å². The van der Waals surface area contributed by atoms with E-state index in [9.17, 15) is 13.2 Å². The number of piperidine rings is 1. The third-order valence-corrected chi connectivity index (χ3v) is 6.26. The van der Waals surface area contributed by atoms with Gasteiger partial charge in [-0.25, -0.2) is 4.68 Å². The zero-order valence-electron chi connectivity index (χ0n) is 17.8. The highest BCUT2D eigenvalue weighted by Crippen LogP contribution is 2.36. The number of nitrogens with zero attached hydrogens (tertiary/aromatic N) is 8. The standard InChI is InChI=1S/C20H25F3N8S/c1-2-10-30-18(25-27-28-30)14-32-19-26-24-17(13-29-11-6-3-7-12-29)31(19)16-9-5-4-8-15(16)20(21,22)23/h4-5,8-9H,2-3,6-7,10-14H2,1H3. The van der Waals surface area contributed by atoms with E-state index in [0.29, 0.717) is 35.6 Å². The molecule has 3 aromatic rings. The molecule has 4 rings (SSSR count). The Morgan fingerprint density at radius 2 is 1.78 bits per heavy atom. The van der Waals surface area contributed by atoms with Crippen molar-refractivity contribution in [2.45, 2.75) is 62.8 Å². The number of hydrogen-bond donors (Lipinski definition) is 0. The van der Waals surface area contributed by atoms with E-state index in [4.69, 9.17) is 0 Å². The lowest BCUT2D eigenvalue weighted by Gasteiger charge is -2.26. The van der Waals surface area contributed by atoms with Gasteiger partial charge >= 0.3 is 6.18 Å². The Balaban J connectivity index is 1.68. The summed E-state index contributed by atoms with van der Waals surface area (Å²) < 4.78 is 44.7. The van der Waals surface area contributed by atoms with Gasteiger partial charge in [0, 0.05) is 6.54 Å². The summed E-state index contributed by atoms with van der Waals surface area (Å²) in [6, 6.07) is 5.56. The number of halogens is 3. The van der Waals surface area contributed by atoms with E-state index in [0.717, 1.165) is 38.4 Å². The molecule has 0 saturated carbocycles. The SMILES string of the molecule is CCCn1nnnc1CSc1nnc(CN2CCCCC2)n1-c1ccccc1C(F)(F)F. The van der Waals surface area contributed by atoms with Crippen molar-refractivity contribution in [1.82, 2.24) is 39.9 Å². The van der Waals surface area contributed by atoms with Crippen molar-refractivity contribution in [2.75, 3.05) is 13.1 Å². The van der Waals surface area contributed by atoms with Crippen LogP contribution in [0.25, 0.3) is 5.69 Å². The molecule has 0 aliphatic carbocycles. The molecule has 1 aliphatic heterocycles. The molecule has 0 unspecified atom stereocenters. The highest BCUT2D eigenvalue weighted by Gasteiger charge is 2.35. The van der Waals surface area contributed by atoms with Gasteiger partial charge in [0.15, 0.2) is 16.8 Å². The molecule has 1 aromatic carbocycles. The Morgan fingerprint density at radius 1 is 1.00 bits per heavy atom. The van der Waals surface area contributed by atoms with Crippen LogP contribution in [0.1, 0.15) is 49.8 Å². The average molecular weight is 467 g/mol. The summed E-state index contributed by atoms with van der Waals surface area (Å²) in [6.07, 6.45) is -0.286. The van der Waals surface area contributed by atoms with Crippen LogP contribution in [0, 0.1) is 0 Å². The van der Waals surface area contributed by atoms with Crippen molar-refractivity contribution in [2.24, 2.45) is 0 Å². The zero-order chi connectivity index (χ0) is 22.6. The molecule has 32 heavy (non-hydrogen) atoms.